The van der Waals surface area contributed by atoms with E-state index in [-0.39, 0.29) is 18.0 Å². The number of rotatable bonds is 6. The summed E-state index contributed by atoms with van der Waals surface area (Å²) in [6.07, 6.45) is 7.16. The van der Waals surface area contributed by atoms with E-state index < -0.39 is 0 Å². The van der Waals surface area contributed by atoms with Crippen molar-refractivity contribution in [2.24, 2.45) is 0 Å². The average molecular weight is 392 g/mol. The fourth-order valence-corrected chi connectivity index (χ4v) is 4.08. The number of carbonyl (C=O) groups is 1. The molecule has 0 spiro atoms. The largest absolute Gasteiger partial charge is 0.350 e. The van der Waals surface area contributed by atoms with Crippen LogP contribution in [0, 0.1) is 0 Å². The smallest absolute Gasteiger partial charge is 0.252 e. The van der Waals surface area contributed by atoms with Gasteiger partial charge >= 0.3 is 0 Å². The number of fused-ring (bicyclic) bond motifs is 1. The molecule has 3 heterocycles. The second-order valence-corrected chi connectivity index (χ2v) is 8.05. The van der Waals surface area contributed by atoms with E-state index in [1.807, 2.05) is 16.7 Å². The molecule has 1 amide bonds. The third kappa shape index (κ3) is 4.32. The standard InChI is InChI=1S/C23H29N5O/c1-17(2)28-16-26-20-13-19(14-24-22(20)28)23(29)25-15-21(18-9-5-3-6-10-18)27-11-7-4-8-12-27/h3,5-6,9-10,13-14,16-17,21H,4,7-8,11-12,15H2,1-2H3,(H,25,29). The maximum Gasteiger partial charge on any atom is 0.252 e. The lowest BCUT2D eigenvalue weighted by Crippen LogP contribution is -2.40. The quantitative estimate of drug-likeness (QED) is 0.691. The molecule has 6 heteroatoms. The monoisotopic (exact) mass is 391 g/mol. The van der Waals surface area contributed by atoms with Gasteiger partial charge in [0.1, 0.15) is 5.52 Å². The predicted molar refractivity (Wildman–Crippen MR) is 115 cm³/mol. The molecule has 0 bridgehead atoms. The van der Waals surface area contributed by atoms with Gasteiger partial charge in [0, 0.05) is 18.8 Å². The fourth-order valence-electron chi connectivity index (χ4n) is 4.08. The lowest BCUT2D eigenvalue weighted by Gasteiger charge is -2.35. The van der Waals surface area contributed by atoms with Crippen molar-refractivity contribution in [3.05, 3.63) is 60.0 Å². The zero-order valence-electron chi connectivity index (χ0n) is 17.2. The van der Waals surface area contributed by atoms with E-state index >= 15 is 0 Å². The second kappa shape index (κ2) is 8.74. The number of piperidine rings is 1. The van der Waals surface area contributed by atoms with Gasteiger partial charge in [-0.2, -0.15) is 0 Å². The summed E-state index contributed by atoms with van der Waals surface area (Å²) in [7, 11) is 0. The normalized spacial score (nSPS) is 16.2. The molecule has 152 valence electrons. The zero-order valence-corrected chi connectivity index (χ0v) is 17.2. The van der Waals surface area contributed by atoms with Crippen molar-refractivity contribution in [1.82, 2.24) is 24.8 Å². The zero-order chi connectivity index (χ0) is 20.2. The molecule has 29 heavy (non-hydrogen) atoms. The van der Waals surface area contributed by atoms with Crippen LogP contribution in [0.2, 0.25) is 0 Å². The predicted octanol–water partition coefficient (Wildman–Crippen LogP) is 3.97. The van der Waals surface area contributed by atoms with Crippen molar-refractivity contribution in [1.29, 1.82) is 0 Å². The lowest BCUT2D eigenvalue weighted by atomic mass is 10.0. The minimum atomic E-state index is -0.101. The number of benzene rings is 1. The molecule has 1 unspecified atom stereocenters. The number of likely N-dealkylation sites (tertiary alicyclic amines) is 1. The van der Waals surface area contributed by atoms with Crippen molar-refractivity contribution in [2.75, 3.05) is 19.6 Å². The summed E-state index contributed by atoms with van der Waals surface area (Å²) < 4.78 is 2.01. The maximum absolute atomic E-state index is 12.8. The maximum atomic E-state index is 12.8. The van der Waals surface area contributed by atoms with Crippen molar-refractivity contribution in [3.8, 4) is 0 Å². The minimum Gasteiger partial charge on any atom is -0.350 e. The molecule has 6 nitrogen and oxygen atoms in total. The van der Waals surface area contributed by atoms with E-state index in [4.69, 9.17) is 0 Å². The van der Waals surface area contributed by atoms with Crippen LogP contribution in [0.3, 0.4) is 0 Å². The fraction of sp³-hybridized carbons (Fsp3) is 0.435. The molecular formula is C23H29N5O. The molecule has 1 N–H and O–H groups in total. The number of hydrogen-bond donors (Lipinski definition) is 1. The first-order chi connectivity index (χ1) is 14.1. The molecule has 0 aliphatic carbocycles. The summed E-state index contributed by atoms with van der Waals surface area (Å²) in [6.45, 7) is 6.92. The number of amides is 1. The summed E-state index contributed by atoms with van der Waals surface area (Å²) in [5.74, 6) is -0.101. The Bertz CT molecular complexity index is 960. The van der Waals surface area contributed by atoms with Crippen molar-refractivity contribution >= 4 is 17.1 Å². The first-order valence-corrected chi connectivity index (χ1v) is 10.5. The van der Waals surface area contributed by atoms with Gasteiger partial charge in [0.15, 0.2) is 5.65 Å². The Balaban J connectivity index is 1.49. The molecule has 1 aliphatic rings. The van der Waals surface area contributed by atoms with Crippen LogP contribution in [-0.2, 0) is 0 Å². The third-order valence-corrected chi connectivity index (χ3v) is 5.70. The summed E-state index contributed by atoms with van der Waals surface area (Å²) in [5.41, 5.74) is 3.37. The highest BCUT2D eigenvalue weighted by Gasteiger charge is 2.23. The Morgan fingerprint density at radius 2 is 1.86 bits per heavy atom. The van der Waals surface area contributed by atoms with E-state index in [0.29, 0.717) is 12.1 Å². The highest BCUT2D eigenvalue weighted by atomic mass is 16.1. The van der Waals surface area contributed by atoms with E-state index in [2.05, 4.69) is 58.3 Å². The number of hydrogen-bond acceptors (Lipinski definition) is 4. The number of pyridine rings is 1. The minimum absolute atomic E-state index is 0.101. The number of nitrogens with one attached hydrogen (secondary N) is 1. The average Bonchev–Trinajstić information content (AvgIpc) is 3.19. The first-order valence-electron chi connectivity index (χ1n) is 10.5. The number of carbonyl (C=O) groups excluding carboxylic acids is 1. The first kappa shape index (κ1) is 19.6. The van der Waals surface area contributed by atoms with Gasteiger partial charge in [0.05, 0.1) is 17.9 Å². The summed E-state index contributed by atoms with van der Waals surface area (Å²) >= 11 is 0. The van der Waals surface area contributed by atoms with Crippen LogP contribution >= 0.6 is 0 Å². The molecule has 1 saturated heterocycles. The Labute approximate surface area is 172 Å². The van der Waals surface area contributed by atoms with Crippen LogP contribution in [0.15, 0.2) is 48.9 Å². The molecule has 3 aromatic rings. The van der Waals surface area contributed by atoms with Crippen LogP contribution in [0.25, 0.3) is 11.2 Å². The van der Waals surface area contributed by atoms with Crippen LogP contribution in [0.4, 0.5) is 0 Å². The third-order valence-electron chi connectivity index (χ3n) is 5.70. The molecule has 1 aliphatic heterocycles. The van der Waals surface area contributed by atoms with Gasteiger partial charge in [0.25, 0.3) is 5.91 Å². The summed E-state index contributed by atoms with van der Waals surface area (Å²) in [6, 6.07) is 12.8. The van der Waals surface area contributed by atoms with E-state index in [1.54, 1.807) is 12.5 Å². The van der Waals surface area contributed by atoms with Crippen LogP contribution in [0.5, 0.6) is 0 Å². The lowest BCUT2D eigenvalue weighted by molar-refractivity contribution is 0.0924. The Morgan fingerprint density at radius 1 is 1.10 bits per heavy atom. The van der Waals surface area contributed by atoms with Crippen LogP contribution in [-0.4, -0.2) is 45.0 Å². The molecule has 2 aromatic heterocycles. The molecule has 1 fully saturated rings. The second-order valence-electron chi connectivity index (χ2n) is 8.05. The number of imidazole rings is 1. The Hall–Kier alpha value is -2.73. The van der Waals surface area contributed by atoms with Crippen molar-refractivity contribution in [3.63, 3.8) is 0 Å². The van der Waals surface area contributed by atoms with Gasteiger partial charge in [-0.05, 0) is 51.4 Å². The van der Waals surface area contributed by atoms with Gasteiger partial charge in [-0.15, -0.1) is 0 Å². The molecule has 4 rings (SSSR count). The Morgan fingerprint density at radius 3 is 2.59 bits per heavy atom. The van der Waals surface area contributed by atoms with Gasteiger partial charge in [0.2, 0.25) is 0 Å². The van der Waals surface area contributed by atoms with E-state index in [0.717, 1.165) is 24.3 Å². The van der Waals surface area contributed by atoms with Crippen molar-refractivity contribution in [2.45, 2.75) is 45.2 Å². The molecular weight excluding hydrogens is 362 g/mol. The van der Waals surface area contributed by atoms with Gasteiger partial charge in [-0.1, -0.05) is 36.8 Å². The summed E-state index contributed by atoms with van der Waals surface area (Å²) in [4.78, 5) is 24.2. The van der Waals surface area contributed by atoms with Crippen LogP contribution < -0.4 is 5.32 Å². The van der Waals surface area contributed by atoms with E-state index in [9.17, 15) is 4.79 Å². The molecule has 0 saturated carbocycles. The highest BCUT2D eigenvalue weighted by molar-refractivity contribution is 5.96. The van der Waals surface area contributed by atoms with Gasteiger partial charge < -0.3 is 9.88 Å². The highest BCUT2D eigenvalue weighted by Crippen LogP contribution is 2.24. The number of aromatic nitrogens is 3. The van der Waals surface area contributed by atoms with Crippen LogP contribution in [0.1, 0.15) is 61.1 Å². The number of nitrogens with zero attached hydrogens (tertiary/aromatic N) is 4. The van der Waals surface area contributed by atoms with Crippen molar-refractivity contribution < 1.29 is 4.79 Å². The molecule has 1 atom stereocenters. The van der Waals surface area contributed by atoms with E-state index in [1.165, 1.54) is 24.8 Å². The molecule has 1 aromatic carbocycles. The topological polar surface area (TPSA) is 63.1 Å². The van der Waals surface area contributed by atoms with Gasteiger partial charge in [-0.3, -0.25) is 9.69 Å². The SMILES string of the molecule is CC(C)n1cnc2cc(C(=O)NCC(c3ccccc3)N3CCCCC3)cnc21. The molecule has 0 radical (unpaired) electrons. The van der Waals surface area contributed by atoms with Gasteiger partial charge in [-0.25, -0.2) is 9.97 Å². The Kier molecular flexibility index (Phi) is 5.90. The summed E-state index contributed by atoms with van der Waals surface area (Å²) in [5, 5.41) is 3.13.